The summed E-state index contributed by atoms with van der Waals surface area (Å²) in [7, 11) is 1.39. The Morgan fingerprint density at radius 1 is 1.24 bits per heavy atom. The maximum Gasteiger partial charge on any atom is 0.296 e. The molecule has 12 heteroatoms. The Bertz CT molecular complexity index is 1590. The second kappa shape index (κ2) is 9.98. The molecule has 1 aromatic carbocycles. The van der Waals surface area contributed by atoms with E-state index in [-0.39, 0.29) is 17.1 Å². The lowest BCUT2D eigenvalue weighted by molar-refractivity contribution is 0.101. The highest BCUT2D eigenvalue weighted by molar-refractivity contribution is 6.04. The van der Waals surface area contributed by atoms with Gasteiger partial charge < -0.3 is 14.9 Å². The molecule has 4 rings (SSSR count). The summed E-state index contributed by atoms with van der Waals surface area (Å²) >= 11 is 0. The van der Waals surface area contributed by atoms with Crippen LogP contribution in [0.3, 0.4) is 0 Å². The average Bonchev–Trinajstić information content (AvgIpc) is 3.38. The molecule has 0 aliphatic rings. The SMILES string of the molecule is Cc1ncc([C@H](c2cc(F)ccc2C#N)[C@@H](C)c2nc(C(=O)Nc3cnoc3)c(O)c(=O)n2C)nc1C. The molecule has 0 spiro atoms. The Balaban J connectivity index is 1.91. The Morgan fingerprint density at radius 3 is 2.65 bits per heavy atom. The van der Waals surface area contributed by atoms with Crippen LogP contribution in [0.25, 0.3) is 0 Å². The Kier molecular flexibility index (Phi) is 6.79. The number of halogens is 1. The standard InChI is InChI=1S/C25H22FN7O4/c1-12(23-32-21(22(34)25(36)33(23)4)24(35)31-17-9-29-37-11-17)20(19-10-28-13(2)14(3)30-19)18-7-16(26)6-5-15(18)8-27/h5-7,9-12,20,34H,1-4H3,(H,31,35)/t12-,20+/m1/s1. The molecule has 0 fully saturated rings. The fourth-order valence-electron chi connectivity index (χ4n) is 4.07. The van der Waals surface area contributed by atoms with Gasteiger partial charge in [0, 0.05) is 25.1 Å². The van der Waals surface area contributed by atoms with Gasteiger partial charge in [-0.25, -0.2) is 9.37 Å². The van der Waals surface area contributed by atoms with Crippen molar-refractivity contribution in [2.24, 2.45) is 7.05 Å². The molecule has 4 aromatic rings. The van der Waals surface area contributed by atoms with E-state index in [0.29, 0.717) is 22.6 Å². The first kappa shape index (κ1) is 25.2. The summed E-state index contributed by atoms with van der Waals surface area (Å²) in [6, 6.07) is 5.84. The van der Waals surface area contributed by atoms with E-state index < -0.39 is 40.6 Å². The quantitative estimate of drug-likeness (QED) is 0.403. The van der Waals surface area contributed by atoms with Crippen LogP contribution in [0.4, 0.5) is 10.1 Å². The maximum absolute atomic E-state index is 14.4. The molecule has 0 bridgehead atoms. The Labute approximate surface area is 210 Å². The number of amides is 1. The molecule has 0 saturated carbocycles. The topological polar surface area (TPSA) is 160 Å². The second-order valence-corrected chi connectivity index (χ2v) is 8.47. The number of anilines is 1. The van der Waals surface area contributed by atoms with Crippen molar-refractivity contribution < 1.29 is 18.8 Å². The summed E-state index contributed by atoms with van der Waals surface area (Å²) in [5.41, 5.74) is 1.06. The van der Waals surface area contributed by atoms with Crippen molar-refractivity contribution in [3.8, 4) is 11.8 Å². The summed E-state index contributed by atoms with van der Waals surface area (Å²) in [6.45, 7) is 5.26. The fourth-order valence-corrected chi connectivity index (χ4v) is 4.07. The minimum absolute atomic E-state index is 0.0939. The molecule has 0 saturated heterocycles. The number of nitrogens with zero attached hydrogens (tertiary/aromatic N) is 6. The van der Waals surface area contributed by atoms with Gasteiger partial charge in [-0.05, 0) is 37.6 Å². The van der Waals surface area contributed by atoms with Crippen molar-refractivity contribution in [1.82, 2.24) is 24.7 Å². The van der Waals surface area contributed by atoms with Crippen LogP contribution >= 0.6 is 0 Å². The van der Waals surface area contributed by atoms with E-state index in [1.807, 2.05) is 0 Å². The van der Waals surface area contributed by atoms with Crippen LogP contribution in [-0.4, -0.2) is 35.7 Å². The molecule has 0 radical (unpaired) electrons. The van der Waals surface area contributed by atoms with E-state index in [1.165, 1.54) is 43.9 Å². The molecule has 188 valence electrons. The number of benzene rings is 1. The van der Waals surface area contributed by atoms with Gasteiger partial charge in [0.25, 0.3) is 11.5 Å². The van der Waals surface area contributed by atoms with Gasteiger partial charge in [-0.15, -0.1) is 0 Å². The number of aryl methyl sites for hydroxylation is 2. The van der Waals surface area contributed by atoms with Gasteiger partial charge in [-0.1, -0.05) is 12.1 Å². The van der Waals surface area contributed by atoms with Crippen LogP contribution in [0.1, 0.15) is 63.3 Å². The van der Waals surface area contributed by atoms with E-state index in [4.69, 9.17) is 0 Å². The van der Waals surface area contributed by atoms with E-state index in [1.54, 1.807) is 20.8 Å². The lowest BCUT2D eigenvalue weighted by atomic mass is 9.81. The van der Waals surface area contributed by atoms with Crippen LogP contribution < -0.4 is 10.9 Å². The highest BCUT2D eigenvalue weighted by Gasteiger charge is 2.32. The molecule has 2 N–H and O–H groups in total. The number of aromatic nitrogens is 5. The number of carbonyl (C=O) groups excluding carboxylic acids is 1. The molecule has 11 nitrogen and oxygen atoms in total. The number of hydrogen-bond acceptors (Lipinski definition) is 9. The first-order valence-electron chi connectivity index (χ1n) is 11.1. The van der Waals surface area contributed by atoms with Crippen molar-refractivity contribution in [3.05, 3.63) is 92.8 Å². The van der Waals surface area contributed by atoms with E-state index in [9.17, 15) is 24.3 Å². The van der Waals surface area contributed by atoms with Crippen LogP contribution in [-0.2, 0) is 7.05 Å². The highest BCUT2D eigenvalue weighted by atomic mass is 19.1. The van der Waals surface area contributed by atoms with Gasteiger partial charge in [0.2, 0.25) is 5.75 Å². The summed E-state index contributed by atoms with van der Waals surface area (Å²) in [6.07, 6.45) is 3.93. The number of aromatic hydroxyl groups is 1. The van der Waals surface area contributed by atoms with Gasteiger partial charge in [0.1, 0.15) is 23.6 Å². The first-order chi connectivity index (χ1) is 17.6. The summed E-state index contributed by atoms with van der Waals surface area (Å²) in [5.74, 6) is -3.70. The number of carbonyl (C=O) groups is 1. The summed E-state index contributed by atoms with van der Waals surface area (Å²) in [4.78, 5) is 39.1. The molecular weight excluding hydrogens is 481 g/mol. The van der Waals surface area contributed by atoms with Gasteiger partial charge in [-0.3, -0.25) is 24.1 Å². The van der Waals surface area contributed by atoms with Gasteiger partial charge >= 0.3 is 0 Å². The zero-order valence-electron chi connectivity index (χ0n) is 20.4. The summed E-state index contributed by atoms with van der Waals surface area (Å²) < 4.78 is 20.2. The highest BCUT2D eigenvalue weighted by Crippen LogP contribution is 2.38. The number of hydrogen-bond donors (Lipinski definition) is 2. The van der Waals surface area contributed by atoms with Crippen LogP contribution in [0.2, 0.25) is 0 Å². The third kappa shape index (κ3) is 4.79. The molecular formula is C25H22FN7O4. The van der Waals surface area contributed by atoms with Crippen molar-refractivity contribution in [2.75, 3.05) is 5.32 Å². The Hall–Kier alpha value is -4.92. The Morgan fingerprint density at radius 2 is 2.00 bits per heavy atom. The van der Waals surface area contributed by atoms with Gasteiger partial charge in [-0.2, -0.15) is 5.26 Å². The van der Waals surface area contributed by atoms with Gasteiger partial charge in [0.05, 0.1) is 34.9 Å². The first-order valence-corrected chi connectivity index (χ1v) is 11.1. The number of nitrogens with one attached hydrogen (secondary N) is 1. The fraction of sp³-hybridized carbons (Fsp3) is 0.240. The predicted octanol–water partition coefficient (Wildman–Crippen LogP) is 3.08. The minimum Gasteiger partial charge on any atom is -0.501 e. The lowest BCUT2D eigenvalue weighted by Crippen LogP contribution is -2.30. The molecule has 3 heterocycles. The van der Waals surface area contributed by atoms with Crippen LogP contribution in [0.15, 0.2) is 46.2 Å². The van der Waals surface area contributed by atoms with Crippen molar-refractivity contribution in [3.63, 3.8) is 0 Å². The van der Waals surface area contributed by atoms with E-state index in [2.05, 4.69) is 36.0 Å². The third-order valence-corrected chi connectivity index (χ3v) is 6.11. The van der Waals surface area contributed by atoms with Gasteiger partial charge in [0.15, 0.2) is 5.69 Å². The van der Waals surface area contributed by atoms with Crippen molar-refractivity contribution in [2.45, 2.75) is 32.6 Å². The molecule has 0 unspecified atom stereocenters. The predicted molar refractivity (Wildman–Crippen MR) is 128 cm³/mol. The molecule has 2 atom stereocenters. The smallest absolute Gasteiger partial charge is 0.296 e. The van der Waals surface area contributed by atoms with Crippen LogP contribution in [0.5, 0.6) is 5.75 Å². The van der Waals surface area contributed by atoms with E-state index >= 15 is 0 Å². The zero-order chi connectivity index (χ0) is 26.9. The largest absolute Gasteiger partial charge is 0.501 e. The lowest BCUT2D eigenvalue weighted by Gasteiger charge is -2.26. The summed E-state index contributed by atoms with van der Waals surface area (Å²) in [5, 5.41) is 26.1. The molecule has 37 heavy (non-hydrogen) atoms. The maximum atomic E-state index is 14.4. The zero-order valence-corrected chi connectivity index (χ0v) is 20.4. The van der Waals surface area contributed by atoms with Crippen LogP contribution in [0, 0.1) is 31.0 Å². The molecule has 3 aromatic heterocycles. The van der Waals surface area contributed by atoms with E-state index in [0.717, 1.165) is 4.57 Å². The normalized spacial score (nSPS) is 12.5. The molecule has 0 aliphatic heterocycles. The minimum atomic E-state index is -0.864. The second-order valence-electron chi connectivity index (χ2n) is 8.47. The average molecular weight is 503 g/mol. The van der Waals surface area contributed by atoms with Crippen molar-refractivity contribution in [1.29, 1.82) is 5.26 Å². The molecule has 1 amide bonds. The number of nitriles is 1. The monoisotopic (exact) mass is 503 g/mol. The van der Waals surface area contributed by atoms with Crippen molar-refractivity contribution >= 4 is 11.6 Å². The molecule has 0 aliphatic carbocycles. The number of rotatable bonds is 6. The third-order valence-electron chi connectivity index (χ3n) is 6.11.